The average Bonchev–Trinajstić information content (AvgIpc) is 2.10. The van der Waals surface area contributed by atoms with Gasteiger partial charge in [0.1, 0.15) is 0 Å². The Kier molecular flexibility index (Phi) is 1.07. The van der Waals surface area contributed by atoms with Gasteiger partial charge in [-0.05, 0) is 0 Å². The van der Waals surface area contributed by atoms with E-state index in [1.165, 1.54) is 0 Å². The lowest BCUT2D eigenvalue weighted by molar-refractivity contribution is 0.187. The SMILES string of the molecule is CC1(CO)CC1(F)Cl. The molecule has 1 N–H and O–H groups in total. The fourth-order valence-electron chi connectivity index (χ4n) is 0.617. The van der Waals surface area contributed by atoms with Crippen LogP contribution in [0.4, 0.5) is 4.39 Å². The summed E-state index contributed by atoms with van der Waals surface area (Å²) in [6.45, 7) is 1.47. The number of alkyl halides is 2. The molecule has 8 heavy (non-hydrogen) atoms. The van der Waals surface area contributed by atoms with Crippen molar-refractivity contribution >= 4 is 11.6 Å². The first kappa shape index (κ1) is 6.30. The zero-order chi connectivity index (χ0) is 6.41. The van der Waals surface area contributed by atoms with Crippen molar-refractivity contribution < 1.29 is 9.50 Å². The molecule has 1 fully saturated rings. The Morgan fingerprint density at radius 1 is 1.88 bits per heavy atom. The van der Waals surface area contributed by atoms with Crippen molar-refractivity contribution in [3.05, 3.63) is 0 Å². The largest absolute Gasteiger partial charge is 0.396 e. The van der Waals surface area contributed by atoms with E-state index in [1.54, 1.807) is 6.92 Å². The minimum absolute atomic E-state index is 0.160. The second-order valence-corrected chi connectivity index (χ2v) is 3.20. The molecule has 0 aromatic carbocycles. The fourth-order valence-corrected chi connectivity index (χ4v) is 0.972. The van der Waals surface area contributed by atoms with Gasteiger partial charge in [-0.25, -0.2) is 4.39 Å². The van der Waals surface area contributed by atoms with E-state index in [0.717, 1.165) is 0 Å². The van der Waals surface area contributed by atoms with Crippen LogP contribution >= 0.6 is 11.6 Å². The summed E-state index contributed by atoms with van der Waals surface area (Å²) in [5.41, 5.74) is -0.658. The molecule has 3 heteroatoms. The lowest BCUT2D eigenvalue weighted by Gasteiger charge is -2.03. The van der Waals surface area contributed by atoms with E-state index in [9.17, 15) is 4.39 Å². The Morgan fingerprint density at radius 2 is 2.25 bits per heavy atom. The smallest absolute Gasteiger partial charge is 0.192 e. The van der Waals surface area contributed by atoms with Gasteiger partial charge in [-0.1, -0.05) is 18.5 Å². The Hall–Kier alpha value is 0.180. The number of aliphatic hydroxyl groups is 1. The first-order valence-electron chi connectivity index (χ1n) is 2.50. The van der Waals surface area contributed by atoms with Crippen molar-refractivity contribution in [1.82, 2.24) is 0 Å². The second-order valence-electron chi connectivity index (χ2n) is 2.60. The van der Waals surface area contributed by atoms with Gasteiger partial charge >= 0.3 is 0 Å². The van der Waals surface area contributed by atoms with Crippen LogP contribution in [0.15, 0.2) is 0 Å². The van der Waals surface area contributed by atoms with Gasteiger partial charge in [-0.15, -0.1) is 0 Å². The van der Waals surface area contributed by atoms with E-state index >= 15 is 0 Å². The fraction of sp³-hybridized carbons (Fsp3) is 1.00. The van der Waals surface area contributed by atoms with Crippen LogP contribution in [0.2, 0.25) is 0 Å². The molecular formula is C5H8ClFO. The van der Waals surface area contributed by atoms with Gasteiger partial charge in [-0.3, -0.25) is 0 Å². The van der Waals surface area contributed by atoms with Crippen molar-refractivity contribution in [2.45, 2.75) is 18.5 Å². The number of halogens is 2. The van der Waals surface area contributed by atoms with Gasteiger partial charge in [-0.2, -0.15) is 0 Å². The lowest BCUT2D eigenvalue weighted by atomic mass is 10.2. The summed E-state index contributed by atoms with van der Waals surface area (Å²) in [7, 11) is 0. The van der Waals surface area contributed by atoms with Crippen molar-refractivity contribution in [1.29, 1.82) is 0 Å². The van der Waals surface area contributed by atoms with Crippen molar-refractivity contribution in [3.63, 3.8) is 0 Å². The summed E-state index contributed by atoms with van der Waals surface area (Å²) < 4.78 is 12.5. The number of hydrogen-bond acceptors (Lipinski definition) is 1. The van der Waals surface area contributed by atoms with Crippen LogP contribution < -0.4 is 0 Å². The minimum Gasteiger partial charge on any atom is -0.396 e. The van der Waals surface area contributed by atoms with E-state index in [0.29, 0.717) is 0 Å². The van der Waals surface area contributed by atoms with Crippen LogP contribution in [0.5, 0.6) is 0 Å². The highest BCUT2D eigenvalue weighted by Crippen LogP contribution is 2.61. The van der Waals surface area contributed by atoms with Crippen molar-refractivity contribution in [2.24, 2.45) is 5.41 Å². The first-order valence-corrected chi connectivity index (χ1v) is 2.88. The van der Waals surface area contributed by atoms with Gasteiger partial charge in [0.2, 0.25) is 0 Å². The van der Waals surface area contributed by atoms with Crippen LogP contribution in [0.3, 0.4) is 0 Å². The summed E-state index contributed by atoms with van der Waals surface area (Å²) in [5.74, 6) is 0. The monoisotopic (exact) mass is 138 g/mol. The molecule has 1 rings (SSSR count). The Bertz CT molecular complexity index is 115. The van der Waals surface area contributed by atoms with Crippen molar-refractivity contribution in [2.75, 3.05) is 6.61 Å². The molecular weight excluding hydrogens is 131 g/mol. The van der Waals surface area contributed by atoms with Gasteiger partial charge < -0.3 is 5.11 Å². The molecule has 0 aromatic rings. The molecule has 2 unspecified atom stereocenters. The Labute approximate surface area is 52.5 Å². The number of aliphatic hydroxyl groups excluding tert-OH is 1. The van der Waals surface area contributed by atoms with Crippen LogP contribution in [-0.2, 0) is 0 Å². The summed E-state index contributed by atoms with van der Waals surface area (Å²) >= 11 is 5.22. The van der Waals surface area contributed by atoms with Crippen LogP contribution in [-0.4, -0.2) is 16.8 Å². The molecule has 0 aromatic heterocycles. The summed E-state index contributed by atoms with van der Waals surface area (Å²) in [6, 6.07) is 0. The maximum Gasteiger partial charge on any atom is 0.192 e. The molecule has 0 spiro atoms. The maximum atomic E-state index is 12.5. The first-order chi connectivity index (χ1) is 3.52. The highest BCUT2D eigenvalue weighted by atomic mass is 35.5. The molecule has 1 aliphatic carbocycles. The maximum absolute atomic E-state index is 12.5. The van der Waals surface area contributed by atoms with Gasteiger partial charge in [0.25, 0.3) is 0 Å². The molecule has 0 amide bonds. The number of hydrogen-bond donors (Lipinski definition) is 1. The molecule has 0 bridgehead atoms. The molecule has 1 saturated carbocycles. The minimum atomic E-state index is -1.62. The van der Waals surface area contributed by atoms with Crippen molar-refractivity contribution in [3.8, 4) is 0 Å². The van der Waals surface area contributed by atoms with Gasteiger partial charge in [0, 0.05) is 11.8 Å². The average molecular weight is 139 g/mol. The molecule has 2 atom stereocenters. The predicted octanol–water partition coefficient (Wildman–Crippen LogP) is 1.29. The zero-order valence-corrected chi connectivity index (χ0v) is 5.37. The van der Waals surface area contributed by atoms with E-state index < -0.39 is 10.5 Å². The van der Waals surface area contributed by atoms with E-state index in [4.69, 9.17) is 16.7 Å². The topological polar surface area (TPSA) is 20.2 Å². The summed E-state index contributed by atoms with van der Waals surface area (Å²) in [6.07, 6.45) is 0.276. The molecule has 48 valence electrons. The Balaban J connectivity index is 2.55. The van der Waals surface area contributed by atoms with Crippen LogP contribution in [0, 0.1) is 5.41 Å². The molecule has 0 aliphatic heterocycles. The quantitative estimate of drug-likeness (QED) is 0.542. The predicted molar refractivity (Wildman–Crippen MR) is 29.5 cm³/mol. The highest BCUT2D eigenvalue weighted by Gasteiger charge is 2.64. The molecule has 0 heterocycles. The third-order valence-corrected chi connectivity index (χ3v) is 2.31. The second kappa shape index (κ2) is 1.36. The third-order valence-electron chi connectivity index (χ3n) is 1.72. The van der Waals surface area contributed by atoms with E-state index in [2.05, 4.69) is 0 Å². The van der Waals surface area contributed by atoms with Crippen LogP contribution in [0.25, 0.3) is 0 Å². The van der Waals surface area contributed by atoms with Crippen LogP contribution in [0.1, 0.15) is 13.3 Å². The summed E-state index contributed by atoms with van der Waals surface area (Å²) in [5, 5.41) is 6.85. The van der Waals surface area contributed by atoms with Gasteiger partial charge in [0.05, 0.1) is 6.61 Å². The zero-order valence-electron chi connectivity index (χ0n) is 4.62. The van der Waals surface area contributed by atoms with E-state index in [-0.39, 0.29) is 13.0 Å². The molecule has 0 saturated heterocycles. The standard InChI is InChI=1S/C5H8ClFO/c1-4(3-8)2-5(4,6)7/h8H,2-3H2,1H3. The third kappa shape index (κ3) is 0.633. The summed E-state index contributed by atoms with van der Waals surface area (Å²) in [4.78, 5) is 0. The number of rotatable bonds is 1. The lowest BCUT2D eigenvalue weighted by Crippen LogP contribution is -2.09. The molecule has 1 nitrogen and oxygen atoms in total. The highest BCUT2D eigenvalue weighted by molar-refractivity contribution is 6.25. The Morgan fingerprint density at radius 3 is 2.25 bits per heavy atom. The van der Waals surface area contributed by atoms with Gasteiger partial charge in [0.15, 0.2) is 5.13 Å². The molecule has 1 aliphatic rings. The van der Waals surface area contributed by atoms with E-state index in [1.807, 2.05) is 0 Å². The molecule has 0 radical (unpaired) electrons. The normalized spacial score (nSPS) is 54.0.